The number of nitrogens with one attached hydrogen (secondary N) is 2. The topological polar surface area (TPSA) is 88.7 Å². The molecular weight excluding hydrogens is 266 g/mol. The Morgan fingerprint density at radius 1 is 1.52 bits per heavy atom. The SMILES string of the molecule is CC(Cn1ccnc1)NC(=O)c1c[nH]c2ccc(N)cc12. The van der Waals surface area contributed by atoms with E-state index < -0.39 is 0 Å². The summed E-state index contributed by atoms with van der Waals surface area (Å²) in [6, 6.07) is 5.48. The molecule has 4 N–H and O–H groups in total. The molecule has 0 bridgehead atoms. The zero-order valence-electron chi connectivity index (χ0n) is 11.7. The maximum absolute atomic E-state index is 12.4. The third-order valence-electron chi connectivity index (χ3n) is 3.37. The molecule has 21 heavy (non-hydrogen) atoms. The predicted octanol–water partition coefficient (Wildman–Crippen LogP) is 1.77. The number of fused-ring (bicyclic) bond motifs is 1. The summed E-state index contributed by atoms with van der Waals surface area (Å²) in [6.45, 7) is 2.64. The number of aromatic amines is 1. The first-order chi connectivity index (χ1) is 10.1. The van der Waals surface area contributed by atoms with E-state index in [0.717, 1.165) is 10.9 Å². The Labute approximate surface area is 122 Å². The van der Waals surface area contributed by atoms with E-state index in [1.807, 2.05) is 29.8 Å². The quantitative estimate of drug-likeness (QED) is 0.637. The zero-order valence-corrected chi connectivity index (χ0v) is 11.7. The molecule has 108 valence electrons. The van der Waals surface area contributed by atoms with E-state index in [9.17, 15) is 4.79 Å². The molecule has 0 aliphatic carbocycles. The molecule has 0 aliphatic heterocycles. The minimum Gasteiger partial charge on any atom is -0.399 e. The number of hydrogen-bond acceptors (Lipinski definition) is 3. The molecule has 1 atom stereocenters. The summed E-state index contributed by atoms with van der Waals surface area (Å²) in [7, 11) is 0. The van der Waals surface area contributed by atoms with E-state index in [1.165, 1.54) is 0 Å². The Balaban J connectivity index is 1.76. The lowest BCUT2D eigenvalue weighted by molar-refractivity contribution is 0.0938. The van der Waals surface area contributed by atoms with Gasteiger partial charge in [0.25, 0.3) is 5.91 Å². The fraction of sp³-hybridized carbons (Fsp3) is 0.200. The van der Waals surface area contributed by atoms with Gasteiger partial charge < -0.3 is 20.6 Å². The highest BCUT2D eigenvalue weighted by Gasteiger charge is 2.14. The van der Waals surface area contributed by atoms with Gasteiger partial charge in [-0.2, -0.15) is 0 Å². The fourth-order valence-electron chi connectivity index (χ4n) is 2.38. The largest absolute Gasteiger partial charge is 0.399 e. The van der Waals surface area contributed by atoms with Crippen LogP contribution in [-0.2, 0) is 6.54 Å². The Bertz CT molecular complexity index is 760. The fourth-order valence-corrected chi connectivity index (χ4v) is 2.38. The van der Waals surface area contributed by atoms with Crippen LogP contribution in [0.25, 0.3) is 10.9 Å². The van der Waals surface area contributed by atoms with Gasteiger partial charge in [0.15, 0.2) is 0 Å². The van der Waals surface area contributed by atoms with Crippen molar-refractivity contribution in [3.63, 3.8) is 0 Å². The monoisotopic (exact) mass is 283 g/mol. The lowest BCUT2D eigenvalue weighted by atomic mass is 10.1. The highest BCUT2D eigenvalue weighted by atomic mass is 16.1. The van der Waals surface area contributed by atoms with Crippen molar-refractivity contribution >= 4 is 22.5 Å². The van der Waals surface area contributed by atoms with Crippen molar-refractivity contribution < 1.29 is 4.79 Å². The van der Waals surface area contributed by atoms with Crippen LogP contribution in [0, 0.1) is 0 Å². The second-order valence-corrected chi connectivity index (χ2v) is 5.14. The van der Waals surface area contributed by atoms with Crippen LogP contribution >= 0.6 is 0 Å². The van der Waals surface area contributed by atoms with E-state index in [-0.39, 0.29) is 11.9 Å². The van der Waals surface area contributed by atoms with Gasteiger partial charge in [0.05, 0.1) is 11.9 Å². The van der Waals surface area contributed by atoms with Gasteiger partial charge in [0, 0.05) is 47.8 Å². The third-order valence-corrected chi connectivity index (χ3v) is 3.37. The molecule has 0 aliphatic rings. The standard InChI is InChI=1S/C15H17N5O/c1-10(8-20-5-4-17-9-20)19-15(21)13-7-18-14-3-2-11(16)6-12(13)14/h2-7,9-10,18H,8,16H2,1H3,(H,19,21). The number of nitrogen functional groups attached to an aromatic ring is 1. The summed E-state index contributed by atoms with van der Waals surface area (Å²) in [5.74, 6) is -0.112. The number of amides is 1. The molecule has 1 aromatic carbocycles. The number of carbonyl (C=O) groups is 1. The molecule has 2 heterocycles. The molecule has 0 saturated carbocycles. The van der Waals surface area contributed by atoms with Crippen molar-refractivity contribution in [1.29, 1.82) is 0 Å². The van der Waals surface area contributed by atoms with Gasteiger partial charge in [-0.15, -0.1) is 0 Å². The number of aromatic nitrogens is 3. The van der Waals surface area contributed by atoms with Crippen molar-refractivity contribution in [1.82, 2.24) is 19.9 Å². The average Bonchev–Trinajstić information content (AvgIpc) is 3.07. The van der Waals surface area contributed by atoms with Crippen LogP contribution in [0.1, 0.15) is 17.3 Å². The van der Waals surface area contributed by atoms with Gasteiger partial charge in [0.1, 0.15) is 0 Å². The number of rotatable bonds is 4. The summed E-state index contributed by atoms with van der Waals surface area (Å²) in [5, 5.41) is 3.82. The van der Waals surface area contributed by atoms with Crippen LogP contribution in [0.2, 0.25) is 0 Å². The molecule has 6 heteroatoms. The maximum atomic E-state index is 12.4. The van der Waals surface area contributed by atoms with Gasteiger partial charge in [-0.1, -0.05) is 0 Å². The first-order valence-electron chi connectivity index (χ1n) is 6.76. The minimum atomic E-state index is -0.112. The molecule has 0 fully saturated rings. The van der Waals surface area contributed by atoms with Crippen LogP contribution in [0.3, 0.4) is 0 Å². The smallest absolute Gasteiger partial charge is 0.253 e. The molecule has 1 unspecified atom stereocenters. The first kappa shape index (κ1) is 13.2. The highest BCUT2D eigenvalue weighted by Crippen LogP contribution is 2.20. The van der Waals surface area contributed by atoms with Crippen molar-refractivity contribution in [2.24, 2.45) is 0 Å². The lowest BCUT2D eigenvalue weighted by Crippen LogP contribution is -2.35. The normalized spacial score (nSPS) is 12.4. The Kier molecular flexibility index (Phi) is 3.35. The molecule has 0 saturated heterocycles. The number of nitrogens with two attached hydrogens (primary N) is 1. The molecule has 0 radical (unpaired) electrons. The van der Waals surface area contributed by atoms with Crippen LogP contribution in [-0.4, -0.2) is 26.5 Å². The number of H-pyrrole nitrogens is 1. The van der Waals surface area contributed by atoms with Gasteiger partial charge in [-0.25, -0.2) is 4.98 Å². The molecular formula is C15H17N5O. The van der Waals surface area contributed by atoms with Gasteiger partial charge >= 0.3 is 0 Å². The molecule has 0 spiro atoms. The average molecular weight is 283 g/mol. The van der Waals surface area contributed by atoms with Gasteiger partial charge in [-0.3, -0.25) is 4.79 Å². The number of imidazole rings is 1. The van der Waals surface area contributed by atoms with Crippen LogP contribution < -0.4 is 11.1 Å². The van der Waals surface area contributed by atoms with E-state index in [0.29, 0.717) is 17.8 Å². The molecule has 3 rings (SSSR count). The van der Waals surface area contributed by atoms with E-state index in [2.05, 4.69) is 15.3 Å². The zero-order chi connectivity index (χ0) is 14.8. The van der Waals surface area contributed by atoms with E-state index in [4.69, 9.17) is 5.73 Å². The van der Waals surface area contributed by atoms with Crippen LogP contribution in [0.5, 0.6) is 0 Å². The highest BCUT2D eigenvalue weighted by molar-refractivity contribution is 6.07. The van der Waals surface area contributed by atoms with Gasteiger partial charge in [-0.05, 0) is 25.1 Å². The van der Waals surface area contributed by atoms with Crippen molar-refractivity contribution in [2.45, 2.75) is 19.5 Å². The summed E-state index contributed by atoms with van der Waals surface area (Å²) in [4.78, 5) is 19.4. The third kappa shape index (κ3) is 2.74. The number of anilines is 1. The van der Waals surface area contributed by atoms with E-state index in [1.54, 1.807) is 24.8 Å². The summed E-state index contributed by atoms with van der Waals surface area (Å²) in [5.41, 5.74) is 7.94. The molecule has 2 aromatic heterocycles. The van der Waals surface area contributed by atoms with Crippen LogP contribution in [0.15, 0.2) is 43.1 Å². The number of carbonyl (C=O) groups excluding carboxylic acids is 1. The Morgan fingerprint density at radius 3 is 3.14 bits per heavy atom. The second-order valence-electron chi connectivity index (χ2n) is 5.14. The summed E-state index contributed by atoms with van der Waals surface area (Å²) >= 11 is 0. The number of benzene rings is 1. The predicted molar refractivity (Wildman–Crippen MR) is 81.9 cm³/mol. The molecule has 6 nitrogen and oxygen atoms in total. The van der Waals surface area contributed by atoms with Crippen molar-refractivity contribution in [3.05, 3.63) is 48.7 Å². The number of nitrogens with zero attached hydrogens (tertiary/aromatic N) is 2. The Hall–Kier alpha value is -2.76. The molecule has 3 aromatic rings. The molecule has 1 amide bonds. The van der Waals surface area contributed by atoms with Crippen molar-refractivity contribution in [2.75, 3.05) is 5.73 Å². The number of hydrogen-bond donors (Lipinski definition) is 3. The summed E-state index contributed by atoms with van der Waals surface area (Å²) in [6.07, 6.45) is 7.03. The van der Waals surface area contributed by atoms with Gasteiger partial charge in [0.2, 0.25) is 0 Å². The Morgan fingerprint density at radius 2 is 2.38 bits per heavy atom. The second kappa shape index (κ2) is 5.32. The van der Waals surface area contributed by atoms with E-state index >= 15 is 0 Å². The maximum Gasteiger partial charge on any atom is 0.253 e. The first-order valence-corrected chi connectivity index (χ1v) is 6.76. The van der Waals surface area contributed by atoms with Crippen molar-refractivity contribution in [3.8, 4) is 0 Å². The lowest BCUT2D eigenvalue weighted by Gasteiger charge is -2.14. The summed E-state index contributed by atoms with van der Waals surface area (Å²) < 4.78 is 1.93. The van der Waals surface area contributed by atoms with Crippen LogP contribution in [0.4, 0.5) is 5.69 Å². The minimum absolute atomic E-state index is 0.00212.